The fraction of sp³-hybridized carbons (Fsp3) is 0.500. The average molecular weight is 362 g/mol. The van der Waals surface area contributed by atoms with Gasteiger partial charge in [-0.3, -0.25) is 9.59 Å². The summed E-state index contributed by atoms with van der Waals surface area (Å²) in [7, 11) is 0. The number of esters is 3. The van der Waals surface area contributed by atoms with E-state index in [4.69, 9.17) is 23.7 Å². The molecule has 2 heterocycles. The number of rotatable bonds is 5. The zero-order chi connectivity index (χ0) is 18.5. The predicted octanol–water partition coefficient (Wildman–Crippen LogP) is 0.625. The summed E-state index contributed by atoms with van der Waals surface area (Å²) in [6.45, 7) is 2.39. The third kappa shape index (κ3) is 2.85. The second-order valence-electron chi connectivity index (χ2n) is 6.60. The van der Waals surface area contributed by atoms with Crippen LogP contribution in [0.25, 0.3) is 0 Å². The quantitative estimate of drug-likeness (QED) is 0.427. The first-order valence-corrected chi connectivity index (χ1v) is 8.32. The Morgan fingerprint density at radius 2 is 1.73 bits per heavy atom. The second kappa shape index (κ2) is 6.07. The van der Waals surface area contributed by atoms with E-state index >= 15 is 0 Å². The molecular formula is C18H18O8. The lowest BCUT2D eigenvalue weighted by Gasteiger charge is -2.32. The minimum absolute atomic E-state index is 0.131. The Bertz CT molecular complexity index is 747. The number of fused-ring (bicyclic) bond motifs is 3. The molecule has 3 fully saturated rings. The van der Waals surface area contributed by atoms with E-state index in [-0.39, 0.29) is 24.9 Å². The van der Waals surface area contributed by atoms with Crippen LogP contribution in [0.2, 0.25) is 0 Å². The van der Waals surface area contributed by atoms with Gasteiger partial charge in [0.05, 0.1) is 5.56 Å². The molecule has 1 aliphatic carbocycles. The molecule has 0 amide bonds. The molecule has 6 atom stereocenters. The van der Waals surface area contributed by atoms with Crippen LogP contribution in [0.4, 0.5) is 0 Å². The molecule has 0 radical (unpaired) electrons. The summed E-state index contributed by atoms with van der Waals surface area (Å²) < 4.78 is 27.4. The molecule has 0 N–H and O–H groups in total. The van der Waals surface area contributed by atoms with Gasteiger partial charge in [-0.1, -0.05) is 18.2 Å². The lowest BCUT2D eigenvalue weighted by molar-refractivity contribution is -0.175. The topological polar surface area (TPSA) is 104 Å². The van der Waals surface area contributed by atoms with Crippen molar-refractivity contribution in [2.24, 2.45) is 0 Å². The normalized spacial score (nSPS) is 36.2. The maximum atomic E-state index is 12.2. The van der Waals surface area contributed by atoms with Crippen LogP contribution >= 0.6 is 0 Å². The molecule has 1 aromatic carbocycles. The highest BCUT2D eigenvalue weighted by Crippen LogP contribution is 2.57. The largest absolute Gasteiger partial charge is 0.459 e. The lowest BCUT2D eigenvalue weighted by atomic mass is 9.84. The van der Waals surface area contributed by atoms with E-state index in [2.05, 4.69) is 0 Å². The number of hydrogen-bond acceptors (Lipinski definition) is 8. The van der Waals surface area contributed by atoms with E-state index < -0.39 is 35.7 Å². The number of hydrogen-bond donors (Lipinski definition) is 0. The van der Waals surface area contributed by atoms with E-state index in [1.807, 2.05) is 0 Å². The number of epoxide rings is 2. The first-order chi connectivity index (χ1) is 12.4. The Balaban J connectivity index is 1.52. The summed E-state index contributed by atoms with van der Waals surface area (Å²) >= 11 is 0. The molecule has 2 saturated heterocycles. The van der Waals surface area contributed by atoms with Gasteiger partial charge in [-0.2, -0.15) is 0 Å². The maximum absolute atomic E-state index is 12.2. The van der Waals surface area contributed by atoms with E-state index in [0.717, 1.165) is 0 Å². The van der Waals surface area contributed by atoms with E-state index in [0.29, 0.717) is 5.56 Å². The minimum Gasteiger partial charge on any atom is -0.459 e. The number of carbonyl (C=O) groups excluding carboxylic acids is 3. The van der Waals surface area contributed by atoms with Crippen LogP contribution in [0.15, 0.2) is 30.3 Å². The van der Waals surface area contributed by atoms with Crippen LogP contribution in [-0.2, 0) is 33.3 Å². The number of benzene rings is 1. The molecule has 26 heavy (non-hydrogen) atoms. The SMILES string of the molecule is CC(=O)OC1C2OC2C2OC2(COC(=O)c2ccccc2)C1OC(C)=O. The zero-order valence-electron chi connectivity index (χ0n) is 14.2. The number of carbonyl (C=O) groups is 3. The monoisotopic (exact) mass is 362 g/mol. The first kappa shape index (κ1) is 17.0. The van der Waals surface area contributed by atoms with E-state index in [9.17, 15) is 14.4 Å². The summed E-state index contributed by atoms with van der Waals surface area (Å²) in [5, 5.41) is 0. The first-order valence-electron chi connectivity index (χ1n) is 8.32. The van der Waals surface area contributed by atoms with Crippen LogP contribution in [-0.4, -0.2) is 60.6 Å². The van der Waals surface area contributed by atoms with Gasteiger partial charge in [0.15, 0.2) is 17.8 Å². The van der Waals surface area contributed by atoms with Crippen molar-refractivity contribution in [3.8, 4) is 0 Å². The van der Waals surface area contributed by atoms with Crippen molar-refractivity contribution in [2.45, 2.75) is 50.0 Å². The number of ether oxygens (including phenoxy) is 5. The molecule has 6 unspecified atom stereocenters. The van der Waals surface area contributed by atoms with Gasteiger partial charge in [0, 0.05) is 13.8 Å². The standard InChI is InChI=1S/C18H18O8/c1-9(19)23-13-12-14(25-12)16-18(26-16,15(13)24-10(2)20)8-22-17(21)11-6-4-3-5-7-11/h3-7,12-16H,8H2,1-2H3. The summed E-state index contributed by atoms with van der Waals surface area (Å²) in [5.74, 6) is -1.58. The van der Waals surface area contributed by atoms with Crippen LogP contribution in [0.3, 0.4) is 0 Å². The van der Waals surface area contributed by atoms with Gasteiger partial charge in [0.2, 0.25) is 0 Å². The van der Waals surface area contributed by atoms with Crippen molar-refractivity contribution in [3.05, 3.63) is 35.9 Å². The molecule has 0 aromatic heterocycles. The second-order valence-corrected chi connectivity index (χ2v) is 6.60. The van der Waals surface area contributed by atoms with Crippen molar-refractivity contribution in [1.29, 1.82) is 0 Å². The molecule has 1 aromatic rings. The third-order valence-electron chi connectivity index (χ3n) is 4.77. The molecule has 138 valence electrons. The van der Waals surface area contributed by atoms with Gasteiger partial charge in [0.25, 0.3) is 0 Å². The molecular weight excluding hydrogens is 344 g/mol. The Kier molecular flexibility index (Phi) is 3.96. The fourth-order valence-corrected chi connectivity index (χ4v) is 3.57. The summed E-state index contributed by atoms with van der Waals surface area (Å²) in [5.41, 5.74) is -0.661. The summed E-state index contributed by atoms with van der Waals surface area (Å²) in [4.78, 5) is 35.2. The van der Waals surface area contributed by atoms with Crippen LogP contribution < -0.4 is 0 Å². The molecule has 8 nitrogen and oxygen atoms in total. The highest BCUT2D eigenvalue weighted by Gasteiger charge is 2.81. The van der Waals surface area contributed by atoms with Crippen LogP contribution in [0.5, 0.6) is 0 Å². The molecule has 0 bridgehead atoms. The van der Waals surface area contributed by atoms with Gasteiger partial charge >= 0.3 is 17.9 Å². The van der Waals surface area contributed by atoms with Gasteiger partial charge in [-0.25, -0.2) is 4.79 Å². The van der Waals surface area contributed by atoms with Crippen molar-refractivity contribution < 1.29 is 38.1 Å². The highest BCUT2D eigenvalue weighted by molar-refractivity contribution is 5.89. The Labute approximate surface area is 149 Å². The Morgan fingerprint density at radius 3 is 2.38 bits per heavy atom. The van der Waals surface area contributed by atoms with Gasteiger partial charge in [0.1, 0.15) is 24.9 Å². The van der Waals surface area contributed by atoms with Crippen LogP contribution in [0, 0.1) is 0 Å². The smallest absolute Gasteiger partial charge is 0.338 e. The average Bonchev–Trinajstić information content (AvgIpc) is 3.49. The summed E-state index contributed by atoms with van der Waals surface area (Å²) in [6, 6.07) is 8.52. The molecule has 1 saturated carbocycles. The van der Waals surface area contributed by atoms with Crippen molar-refractivity contribution in [2.75, 3.05) is 6.61 Å². The molecule has 8 heteroatoms. The van der Waals surface area contributed by atoms with Gasteiger partial charge in [-0.15, -0.1) is 0 Å². The van der Waals surface area contributed by atoms with Crippen molar-refractivity contribution >= 4 is 17.9 Å². The van der Waals surface area contributed by atoms with E-state index in [1.54, 1.807) is 30.3 Å². The zero-order valence-corrected chi connectivity index (χ0v) is 14.2. The Morgan fingerprint density at radius 1 is 1.04 bits per heavy atom. The Hall–Kier alpha value is -2.45. The summed E-state index contributed by atoms with van der Waals surface area (Å²) in [6.07, 6.45) is -2.71. The van der Waals surface area contributed by atoms with Crippen molar-refractivity contribution in [3.63, 3.8) is 0 Å². The molecule has 2 aliphatic heterocycles. The van der Waals surface area contributed by atoms with E-state index in [1.165, 1.54) is 13.8 Å². The van der Waals surface area contributed by atoms with Gasteiger partial charge < -0.3 is 23.7 Å². The highest BCUT2D eigenvalue weighted by atomic mass is 16.7. The molecule has 3 aliphatic rings. The van der Waals surface area contributed by atoms with Crippen LogP contribution in [0.1, 0.15) is 24.2 Å². The van der Waals surface area contributed by atoms with Crippen molar-refractivity contribution in [1.82, 2.24) is 0 Å². The predicted molar refractivity (Wildman–Crippen MR) is 84.1 cm³/mol. The molecule has 0 spiro atoms. The lowest BCUT2D eigenvalue weighted by Crippen LogP contribution is -2.55. The minimum atomic E-state index is -1.06. The third-order valence-corrected chi connectivity index (χ3v) is 4.77. The van der Waals surface area contributed by atoms with Gasteiger partial charge in [-0.05, 0) is 12.1 Å². The molecule has 4 rings (SSSR count). The fourth-order valence-electron chi connectivity index (χ4n) is 3.57. The maximum Gasteiger partial charge on any atom is 0.338 e.